The molecule has 0 amide bonds. The zero-order valence-electron chi connectivity index (χ0n) is 13.7. The van der Waals surface area contributed by atoms with E-state index in [1.54, 1.807) is 7.11 Å². The highest BCUT2D eigenvalue weighted by molar-refractivity contribution is 4.44. The molecule has 1 unspecified atom stereocenters. The Hall–Kier alpha value is -0.320. The van der Waals surface area contributed by atoms with Crippen LogP contribution in [-0.2, 0) is 23.7 Å². The second kappa shape index (κ2) is 23.0. The molecule has 0 aromatic heterocycles. The molecule has 0 aliphatic rings. The Kier molecular flexibility index (Phi) is 25.0. The van der Waals surface area contributed by atoms with Crippen LogP contribution in [0.1, 0.15) is 6.92 Å². The second-order valence-corrected chi connectivity index (χ2v) is 4.13. The first-order valence-corrected chi connectivity index (χ1v) is 7.39. The molecule has 0 aliphatic carbocycles. The smallest absolute Gasteiger partial charge is 0.0776 e. The molecule has 8 nitrogen and oxygen atoms in total. The molecule has 0 aliphatic heterocycles. The highest BCUT2D eigenvalue weighted by Crippen LogP contribution is 1.88. The van der Waals surface area contributed by atoms with Crippen molar-refractivity contribution in [2.24, 2.45) is 0 Å². The Labute approximate surface area is 132 Å². The predicted molar refractivity (Wildman–Crippen MR) is 81.0 cm³/mol. The van der Waals surface area contributed by atoms with Crippen LogP contribution in [0.3, 0.4) is 0 Å². The number of hydrogen-bond donors (Lipinski definition) is 3. The minimum atomic E-state index is 0.0417. The molecule has 0 heterocycles. The molecule has 0 aromatic carbocycles. The summed E-state index contributed by atoms with van der Waals surface area (Å²) in [6.45, 7) is 5.77. The summed E-state index contributed by atoms with van der Waals surface area (Å²) in [7, 11) is 1.65. The molecule has 0 aromatic rings. The van der Waals surface area contributed by atoms with Gasteiger partial charge in [-0.1, -0.05) is 0 Å². The minimum absolute atomic E-state index is 0.0417. The lowest BCUT2D eigenvalue weighted by Gasteiger charge is -2.09. The maximum absolute atomic E-state index is 8.36. The third kappa shape index (κ3) is 24.7. The van der Waals surface area contributed by atoms with E-state index in [1.807, 2.05) is 6.92 Å². The van der Waals surface area contributed by atoms with Crippen LogP contribution in [0, 0.1) is 0 Å². The third-order valence-electron chi connectivity index (χ3n) is 2.21. The highest BCUT2D eigenvalue weighted by atomic mass is 16.5. The van der Waals surface area contributed by atoms with Crippen LogP contribution >= 0.6 is 0 Å². The third-order valence-corrected chi connectivity index (χ3v) is 2.21. The summed E-state index contributed by atoms with van der Waals surface area (Å²) in [5.74, 6) is 0. The molecule has 0 bridgehead atoms. The van der Waals surface area contributed by atoms with Gasteiger partial charge in [-0.3, -0.25) is 0 Å². The lowest BCUT2D eigenvalue weighted by Crippen LogP contribution is -2.16. The van der Waals surface area contributed by atoms with Gasteiger partial charge in [0.15, 0.2) is 0 Å². The van der Waals surface area contributed by atoms with Gasteiger partial charge in [-0.2, -0.15) is 0 Å². The molecule has 0 fully saturated rings. The highest BCUT2D eigenvalue weighted by Gasteiger charge is 1.97. The summed E-state index contributed by atoms with van der Waals surface area (Å²) >= 11 is 0. The van der Waals surface area contributed by atoms with E-state index in [0.29, 0.717) is 52.9 Å². The first-order chi connectivity index (χ1) is 10.7. The van der Waals surface area contributed by atoms with E-state index < -0.39 is 0 Å². The fraction of sp³-hybridized carbons (Fsp3) is 1.00. The van der Waals surface area contributed by atoms with Crippen molar-refractivity contribution in [3.63, 3.8) is 0 Å². The van der Waals surface area contributed by atoms with Crippen LogP contribution in [0.25, 0.3) is 0 Å². The number of hydrogen-bond acceptors (Lipinski definition) is 8. The fourth-order valence-corrected chi connectivity index (χ4v) is 1.05. The maximum Gasteiger partial charge on any atom is 0.0776 e. The standard InChI is InChI=1S/C8H18O4.C6H14O4/c1-8(10-2)7-12-6-5-11-4-3-9;7-1-3-9-5-6-10-4-2-8/h8-9H,3-7H2,1-2H3;7-8H,1-6H2. The van der Waals surface area contributed by atoms with Crippen LogP contribution in [0.5, 0.6) is 0 Å². The van der Waals surface area contributed by atoms with E-state index in [2.05, 4.69) is 0 Å². The largest absolute Gasteiger partial charge is 0.394 e. The molecule has 3 N–H and O–H groups in total. The van der Waals surface area contributed by atoms with Gasteiger partial charge in [0.25, 0.3) is 0 Å². The topological polar surface area (TPSA) is 107 Å². The van der Waals surface area contributed by atoms with Gasteiger partial charge in [-0.05, 0) is 6.92 Å². The molecule has 0 spiro atoms. The van der Waals surface area contributed by atoms with Crippen molar-refractivity contribution >= 4 is 0 Å². The van der Waals surface area contributed by atoms with E-state index in [9.17, 15) is 0 Å². The molecular formula is C14H32O8. The monoisotopic (exact) mass is 328 g/mol. The molecular weight excluding hydrogens is 296 g/mol. The Morgan fingerprint density at radius 2 is 1.00 bits per heavy atom. The van der Waals surface area contributed by atoms with Crippen LogP contribution in [0.2, 0.25) is 0 Å². The van der Waals surface area contributed by atoms with Crippen molar-refractivity contribution in [2.75, 3.05) is 79.8 Å². The van der Waals surface area contributed by atoms with Gasteiger partial charge < -0.3 is 39.0 Å². The van der Waals surface area contributed by atoms with Crippen molar-refractivity contribution < 1.29 is 39.0 Å². The predicted octanol–water partition coefficient (Wildman–Crippen LogP) is -0.949. The molecule has 22 heavy (non-hydrogen) atoms. The SMILES string of the molecule is COC(C)COCCOCCO.OCCOCCOCCO. The number of aliphatic hydroxyl groups excluding tert-OH is 3. The van der Waals surface area contributed by atoms with E-state index in [4.69, 9.17) is 39.0 Å². The molecule has 0 radical (unpaired) electrons. The molecule has 0 saturated heterocycles. The van der Waals surface area contributed by atoms with Crippen LogP contribution in [0.4, 0.5) is 0 Å². The zero-order chi connectivity index (χ0) is 16.9. The van der Waals surface area contributed by atoms with Crippen LogP contribution < -0.4 is 0 Å². The van der Waals surface area contributed by atoms with Gasteiger partial charge in [-0.25, -0.2) is 0 Å². The van der Waals surface area contributed by atoms with Crippen molar-refractivity contribution in [3.05, 3.63) is 0 Å². The van der Waals surface area contributed by atoms with Gasteiger partial charge in [0, 0.05) is 7.11 Å². The van der Waals surface area contributed by atoms with Gasteiger partial charge in [0.05, 0.1) is 78.8 Å². The molecule has 1 atom stereocenters. The van der Waals surface area contributed by atoms with Crippen molar-refractivity contribution in [1.82, 2.24) is 0 Å². The number of ether oxygens (including phenoxy) is 5. The average Bonchev–Trinajstić information content (AvgIpc) is 2.54. The first-order valence-electron chi connectivity index (χ1n) is 7.39. The van der Waals surface area contributed by atoms with E-state index in [-0.39, 0.29) is 25.9 Å². The van der Waals surface area contributed by atoms with Gasteiger partial charge in [-0.15, -0.1) is 0 Å². The van der Waals surface area contributed by atoms with E-state index >= 15 is 0 Å². The summed E-state index contributed by atoms with van der Waals surface area (Å²) < 4.78 is 24.9. The first kappa shape index (κ1) is 23.9. The maximum atomic E-state index is 8.36. The van der Waals surface area contributed by atoms with E-state index in [0.717, 1.165) is 0 Å². The molecule has 8 heteroatoms. The van der Waals surface area contributed by atoms with Crippen molar-refractivity contribution in [1.29, 1.82) is 0 Å². The Morgan fingerprint density at radius 1 is 0.636 bits per heavy atom. The van der Waals surface area contributed by atoms with Crippen LogP contribution in [-0.4, -0.2) is 101 Å². The summed E-state index contributed by atoms with van der Waals surface area (Å²) in [5.41, 5.74) is 0. The zero-order valence-corrected chi connectivity index (χ0v) is 13.7. The lowest BCUT2D eigenvalue weighted by molar-refractivity contribution is -0.0107. The molecule has 0 rings (SSSR count). The van der Waals surface area contributed by atoms with Gasteiger partial charge in [0.1, 0.15) is 0 Å². The van der Waals surface area contributed by atoms with Gasteiger partial charge in [0.2, 0.25) is 0 Å². The van der Waals surface area contributed by atoms with Crippen molar-refractivity contribution in [2.45, 2.75) is 13.0 Å². The van der Waals surface area contributed by atoms with Gasteiger partial charge >= 0.3 is 0 Å². The van der Waals surface area contributed by atoms with Crippen molar-refractivity contribution in [3.8, 4) is 0 Å². The summed E-state index contributed by atoms with van der Waals surface area (Å²) in [4.78, 5) is 0. The number of aliphatic hydroxyl groups is 3. The van der Waals surface area contributed by atoms with E-state index in [1.165, 1.54) is 0 Å². The summed E-state index contributed by atoms with van der Waals surface area (Å²) in [5, 5.41) is 24.9. The lowest BCUT2D eigenvalue weighted by atomic mass is 10.4. The quantitative estimate of drug-likeness (QED) is 0.330. The summed E-state index contributed by atoms with van der Waals surface area (Å²) in [6.07, 6.45) is 0.128. The molecule has 0 saturated carbocycles. The minimum Gasteiger partial charge on any atom is -0.394 e. The Morgan fingerprint density at radius 3 is 1.32 bits per heavy atom. The number of rotatable bonds is 15. The Bertz CT molecular complexity index is 174. The normalized spacial score (nSPS) is 11.9. The van der Waals surface area contributed by atoms with Crippen LogP contribution in [0.15, 0.2) is 0 Å². The molecule has 136 valence electrons. The second-order valence-electron chi connectivity index (χ2n) is 4.13. The average molecular weight is 328 g/mol. The number of methoxy groups -OCH3 is 1. The summed E-state index contributed by atoms with van der Waals surface area (Å²) in [6, 6.07) is 0. The fourth-order valence-electron chi connectivity index (χ4n) is 1.05. The Balaban J connectivity index is 0.